The summed E-state index contributed by atoms with van der Waals surface area (Å²) in [5.74, 6) is 0.154. The zero-order chi connectivity index (χ0) is 13.8. The Morgan fingerprint density at radius 2 is 2.16 bits per heavy atom. The molecular weight excluding hydrogens is 269 g/mol. The van der Waals surface area contributed by atoms with E-state index >= 15 is 0 Å². The van der Waals surface area contributed by atoms with Crippen molar-refractivity contribution in [3.05, 3.63) is 41.6 Å². The van der Waals surface area contributed by atoms with Crippen LogP contribution in [0.25, 0.3) is 0 Å². The number of hydrogen-bond acceptors (Lipinski definition) is 4. The van der Waals surface area contributed by atoms with E-state index in [-0.39, 0.29) is 17.2 Å². The summed E-state index contributed by atoms with van der Waals surface area (Å²) in [5.41, 5.74) is 0.659. The second-order valence-corrected chi connectivity index (χ2v) is 4.49. The van der Waals surface area contributed by atoms with Crippen LogP contribution in [-0.2, 0) is 0 Å². The first kappa shape index (κ1) is 13.5. The van der Waals surface area contributed by atoms with Crippen molar-refractivity contribution >= 4 is 23.1 Å². The van der Waals surface area contributed by atoms with E-state index in [1.165, 1.54) is 0 Å². The van der Waals surface area contributed by atoms with Gasteiger partial charge < -0.3 is 10.1 Å². The van der Waals surface area contributed by atoms with E-state index < -0.39 is 5.82 Å². The summed E-state index contributed by atoms with van der Waals surface area (Å²) in [6.45, 7) is 3.87. The second-order valence-electron chi connectivity index (χ2n) is 4.16. The van der Waals surface area contributed by atoms with Crippen molar-refractivity contribution < 1.29 is 9.13 Å². The smallest absolute Gasteiger partial charge is 0.224 e. The Balaban J connectivity index is 2.21. The summed E-state index contributed by atoms with van der Waals surface area (Å²) in [6, 6.07) is 7.17. The van der Waals surface area contributed by atoms with E-state index in [1.807, 2.05) is 19.9 Å². The Labute approximate surface area is 115 Å². The molecular formula is C13H13ClFN3O. The van der Waals surface area contributed by atoms with Gasteiger partial charge in [-0.2, -0.15) is 4.98 Å². The van der Waals surface area contributed by atoms with Crippen molar-refractivity contribution in [3.63, 3.8) is 0 Å². The lowest BCUT2D eigenvalue weighted by atomic mass is 10.3. The Morgan fingerprint density at radius 1 is 1.37 bits per heavy atom. The quantitative estimate of drug-likeness (QED) is 0.866. The van der Waals surface area contributed by atoms with Crippen molar-refractivity contribution in [2.45, 2.75) is 20.0 Å². The van der Waals surface area contributed by atoms with Crippen LogP contribution in [-0.4, -0.2) is 16.1 Å². The van der Waals surface area contributed by atoms with Crippen molar-refractivity contribution in [2.75, 3.05) is 5.32 Å². The van der Waals surface area contributed by atoms with Gasteiger partial charge in [0.05, 0.1) is 12.3 Å². The molecule has 0 saturated heterocycles. The fraction of sp³-hybridized carbons (Fsp3) is 0.231. The fourth-order valence-corrected chi connectivity index (χ4v) is 1.62. The highest BCUT2D eigenvalue weighted by Crippen LogP contribution is 2.23. The third-order valence-electron chi connectivity index (χ3n) is 2.18. The normalized spacial score (nSPS) is 10.6. The molecule has 0 radical (unpaired) electrons. The summed E-state index contributed by atoms with van der Waals surface area (Å²) in [5, 5.41) is 2.82. The second kappa shape index (κ2) is 5.84. The summed E-state index contributed by atoms with van der Waals surface area (Å²) in [7, 11) is 0. The summed E-state index contributed by atoms with van der Waals surface area (Å²) < 4.78 is 19.0. The van der Waals surface area contributed by atoms with Crippen LogP contribution in [0, 0.1) is 5.82 Å². The number of ether oxygens (including phenoxy) is 1. The number of hydrogen-bond donors (Lipinski definition) is 1. The lowest BCUT2D eigenvalue weighted by Crippen LogP contribution is -2.05. The maximum atomic E-state index is 13.5. The van der Waals surface area contributed by atoms with Crippen molar-refractivity contribution in [3.8, 4) is 5.75 Å². The van der Waals surface area contributed by atoms with Gasteiger partial charge in [0.1, 0.15) is 5.75 Å². The topological polar surface area (TPSA) is 47.0 Å². The van der Waals surface area contributed by atoms with Crippen LogP contribution < -0.4 is 10.1 Å². The minimum absolute atomic E-state index is 0.0153. The molecule has 0 spiro atoms. The molecule has 19 heavy (non-hydrogen) atoms. The van der Waals surface area contributed by atoms with Gasteiger partial charge >= 0.3 is 0 Å². The Kier molecular flexibility index (Phi) is 4.16. The van der Waals surface area contributed by atoms with Crippen molar-refractivity contribution in [1.29, 1.82) is 0 Å². The molecule has 0 aliphatic rings. The van der Waals surface area contributed by atoms with Crippen LogP contribution >= 0.6 is 11.6 Å². The van der Waals surface area contributed by atoms with E-state index in [9.17, 15) is 4.39 Å². The molecule has 0 aliphatic heterocycles. The van der Waals surface area contributed by atoms with Gasteiger partial charge in [-0.1, -0.05) is 6.07 Å². The Hall–Kier alpha value is -1.88. The standard InChI is InChI=1S/C13H13ClFN3O/c1-8(2)19-10-5-3-4-9(6-10)17-12-11(15)7-16-13(14)18-12/h3-8H,1-2H3,(H,16,17,18). The van der Waals surface area contributed by atoms with Gasteiger partial charge in [-0.15, -0.1) is 0 Å². The molecule has 100 valence electrons. The molecule has 0 aliphatic carbocycles. The fourth-order valence-electron chi connectivity index (χ4n) is 1.49. The number of rotatable bonds is 4. The number of nitrogens with zero attached hydrogens (tertiary/aromatic N) is 2. The summed E-state index contributed by atoms with van der Waals surface area (Å²) >= 11 is 5.63. The van der Waals surface area contributed by atoms with Crippen LogP contribution in [0.4, 0.5) is 15.9 Å². The van der Waals surface area contributed by atoms with Crippen LogP contribution in [0.1, 0.15) is 13.8 Å². The van der Waals surface area contributed by atoms with E-state index in [1.54, 1.807) is 18.2 Å². The molecule has 4 nitrogen and oxygen atoms in total. The molecule has 1 heterocycles. The zero-order valence-corrected chi connectivity index (χ0v) is 11.3. The third kappa shape index (κ3) is 3.79. The molecule has 0 unspecified atom stereocenters. The third-order valence-corrected chi connectivity index (χ3v) is 2.37. The molecule has 1 aromatic carbocycles. The molecule has 0 saturated carbocycles. The molecule has 2 rings (SSSR count). The number of halogens is 2. The monoisotopic (exact) mass is 281 g/mol. The molecule has 1 aromatic heterocycles. The van der Waals surface area contributed by atoms with Gasteiger partial charge in [-0.25, -0.2) is 9.37 Å². The van der Waals surface area contributed by atoms with E-state index in [0.717, 1.165) is 6.20 Å². The molecule has 6 heteroatoms. The van der Waals surface area contributed by atoms with Gasteiger partial charge in [0.2, 0.25) is 5.28 Å². The number of aromatic nitrogens is 2. The van der Waals surface area contributed by atoms with Gasteiger partial charge in [0.25, 0.3) is 0 Å². The maximum Gasteiger partial charge on any atom is 0.224 e. The highest BCUT2D eigenvalue weighted by molar-refractivity contribution is 6.28. The van der Waals surface area contributed by atoms with Gasteiger partial charge in [-0.05, 0) is 37.6 Å². The van der Waals surface area contributed by atoms with Crippen LogP contribution in [0.2, 0.25) is 5.28 Å². The predicted molar refractivity (Wildman–Crippen MR) is 72.5 cm³/mol. The first-order chi connectivity index (χ1) is 9.04. The number of nitrogens with one attached hydrogen (secondary N) is 1. The largest absolute Gasteiger partial charge is 0.491 e. The number of anilines is 2. The first-order valence-corrected chi connectivity index (χ1v) is 6.14. The minimum atomic E-state index is -0.570. The molecule has 2 aromatic rings. The predicted octanol–water partition coefficient (Wildman–Crippen LogP) is 3.80. The lowest BCUT2D eigenvalue weighted by molar-refractivity contribution is 0.242. The van der Waals surface area contributed by atoms with Crippen LogP contribution in [0.15, 0.2) is 30.5 Å². The van der Waals surface area contributed by atoms with Crippen LogP contribution in [0.5, 0.6) is 5.75 Å². The average Bonchev–Trinajstić information content (AvgIpc) is 2.33. The first-order valence-electron chi connectivity index (χ1n) is 5.76. The molecule has 0 amide bonds. The van der Waals surface area contributed by atoms with E-state index in [0.29, 0.717) is 11.4 Å². The zero-order valence-electron chi connectivity index (χ0n) is 10.5. The van der Waals surface area contributed by atoms with E-state index in [4.69, 9.17) is 16.3 Å². The Morgan fingerprint density at radius 3 is 2.89 bits per heavy atom. The number of benzene rings is 1. The van der Waals surface area contributed by atoms with Gasteiger partial charge in [0.15, 0.2) is 11.6 Å². The lowest BCUT2D eigenvalue weighted by Gasteiger charge is -2.12. The van der Waals surface area contributed by atoms with Crippen molar-refractivity contribution in [2.24, 2.45) is 0 Å². The molecule has 0 atom stereocenters. The van der Waals surface area contributed by atoms with E-state index in [2.05, 4.69) is 15.3 Å². The summed E-state index contributed by atoms with van der Waals surface area (Å²) in [6.07, 6.45) is 1.09. The Bertz CT molecular complexity index is 578. The SMILES string of the molecule is CC(C)Oc1cccc(Nc2nc(Cl)ncc2F)c1. The highest BCUT2D eigenvalue weighted by atomic mass is 35.5. The van der Waals surface area contributed by atoms with Gasteiger partial charge in [0, 0.05) is 11.8 Å². The summed E-state index contributed by atoms with van der Waals surface area (Å²) in [4.78, 5) is 7.34. The maximum absolute atomic E-state index is 13.5. The van der Waals surface area contributed by atoms with Crippen LogP contribution in [0.3, 0.4) is 0 Å². The highest BCUT2D eigenvalue weighted by Gasteiger charge is 2.07. The van der Waals surface area contributed by atoms with Gasteiger partial charge in [-0.3, -0.25) is 0 Å². The molecule has 0 fully saturated rings. The molecule has 1 N–H and O–H groups in total. The minimum Gasteiger partial charge on any atom is -0.491 e. The average molecular weight is 282 g/mol. The molecule has 0 bridgehead atoms. The van der Waals surface area contributed by atoms with Crippen molar-refractivity contribution in [1.82, 2.24) is 9.97 Å².